The molecule has 2 saturated heterocycles. The standard InChI is InChI=1S/C27H30N4O6/c1-36-27(35)30(21-6-3-18(4-7-21)15-29-10-12-37-13-11-29)16-19-2-5-20-17-31(26(34)22(20)14-19)23-8-9-24(32)28-25(23)33/h2-7,14,23H,8-13,15-17H2,1H3,(H,28,32,33). The Hall–Kier alpha value is -3.76. The summed E-state index contributed by atoms with van der Waals surface area (Å²) < 4.78 is 10.4. The predicted octanol–water partition coefficient (Wildman–Crippen LogP) is 2.05. The molecule has 0 saturated carbocycles. The molecule has 194 valence electrons. The van der Waals surface area contributed by atoms with Gasteiger partial charge in [0.2, 0.25) is 11.8 Å². The lowest BCUT2D eigenvalue weighted by atomic mass is 10.0. The Morgan fingerprint density at radius 2 is 1.81 bits per heavy atom. The molecule has 0 aliphatic carbocycles. The molecular formula is C27H30N4O6. The minimum atomic E-state index is -0.663. The lowest BCUT2D eigenvalue weighted by molar-refractivity contribution is -0.136. The van der Waals surface area contributed by atoms with E-state index in [1.165, 1.54) is 16.9 Å². The first kappa shape index (κ1) is 24.9. The van der Waals surface area contributed by atoms with Crippen molar-refractivity contribution in [2.45, 2.75) is 38.5 Å². The van der Waals surface area contributed by atoms with Gasteiger partial charge in [-0.1, -0.05) is 24.3 Å². The van der Waals surface area contributed by atoms with Crippen LogP contribution in [0.5, 0.6) is 0 Å². The molecule has 0 spiro atoms. The highest BCUT2D eigenvalue weighted by molar-refractivity contribution is 6.05. The van der Waals surface area contributed by atoms with Crippen molar-refractivity contribution in [3.8, 4) is 0 Å². The molecule has 1 unspecified atom stereocenters. The molecule has 10 nitrogen and oxygen atoms in total. The van der Waals surface area contributed by atoms with Crippen LogP contribution < -0.4 is 10.2 Å². The van der Waals surface area contributed by atoms with E-state index < -0.39 is 18.0 Å². The summed E-state index contributed by atoms with van der Waals surface area (Å²) in [4.78, 5) is 55.0. The van der Waals surface area contributed by atoms with Gasteiger partial charge >= 0.3 is 6.09 Å². The van der Waals surface area contributed by atoms with Crippen LogP contribution in [0.25, 0.3) is 0 Å². The fourth-order valence-corrected chi connectivity index (χ4v) is 5.05. The highest BCUT2D eigenvalue weighted by Crippen LogP contribution is 2.29. The summed E-state index contributed by atoms with van der Waals surface area (Å²) >= 11 is 0. The molecule has 0 aromatic heterocycles. The smallest absolute Gasteiger partial charge is 0.414 e. The summed E-state index contributed by atoms with van der Waals surface area (Å²) in [6.07, 6.45) is 0.0219. The molecule has 3 heterocycles. The zero-order valence-electron chi connectivity index (χ0n) is 20.8. The number of fused-ring (bicyclic) bond motifs is 1. The first-order chi connectivity index (χ1) is 17.9. The molecule has 2 fully saturated rings. The monoisotopic (exact) mass is 506 g/mol. The zero-order valence-corrected chi connectivity index (χ0v) is 20.8. The largest absolute Gasteiger partial charge is 0.452 e. The first-order valence-electron chi connectivity index (χ1n) is 12.4. The quantitative estimate of drug-likeness (QED) is 0.598. The number of carbonyl (C=O) groups is 4. The minimum Gasteiger partial charge on any atom is -0.452 e. The Labute approximate surface area is 215 Å². The van der Waals surface area contributed by atoms with Gasteiger partial charge in [-0.2, -0.15) is 0 Å². The van der Waals surface area contributed by atoms with Gasteiger partial charge in [0.25, 0.3) is 5.91 Å². The number of hydrogen-bond donors (Lipinski definition) is 1. The van der Waals surface area contributed by atoms with Gasteiger partial charge < -0.3 is 14.4 Å². The van der Waals surface area contributed by atoms with Crippen LogP contribution in [-0.2, 0) is 38.7 Å². The molecule has 10 heteroatoms. The molecule has 3 aliphatic rings. The Morgan fingerprint density at radius 3 is 2.51 bits per heavy atom. The Kier molecular flexibility index (Phi) is 7.20. The molecule has 2 aromatic rings. The number of amides is 4. The van der Waals surface area contributed by atoms with Crippen LogP contribution in [-0.4, -0.2) is 73.1 Å². The number of anilines is 1. The molecule has 2 aromatic carbocycles. The third-order valence-electron chi connectivity index (χ3n) is 7.09. The molecule has 3 aliphatic heterocycles. The number of methoxy groups -OCH3 is 1. The first-order valence-corrected chi connectivity index (χ1v) is 12.4. The number of carbonyl (C=O) groups excluding carboxylic acids is 4. The molecule has 5 rings (SSSR count). The van der Waals surface area contributed by atoms with E-state index >= 15 is 0 Å². The number of nitrogens with zero attached hydrogens (tertiary/aromatic N) is 3. The second-order valence-electron chi connectivity index (χ2n) is 9.50. The molecular weight excluding hydrogens is 476 g/mol. The fourth-order valence-electron chi connectivity index (χ4n) is 5.05. The Balaban J connectivity index is 1.30. The fraction of sp³-hybridized carbons (Fsp3) is 0.407. The number of benzene rings is 2. The SMILES string of the molecule is COC(=O)N(Cc1ccc2c(c1)C(=O)N(C1CCC(=O)NC1=O)C2)c1ccc(CN2CCOCC2)cc1. The molecule has 1 atom stereocenters. The number of hydrogen-bond acceptors (Lipinski definition) is 7. The third kappa shape index (κ3) is 5.35. The highest BCUT2D eigenvalue weighted by Gasteiger charge is 2.39. The normalized spacial score (nSPS) is 20.0. The van der Waals surface area contributed by atoms with E-state index in [0.29, 0.717) is 24.2 Å². The average molecular weight is 507 g/mol. The number of rotatable bonds is 6. The van der Waals surface area contributed by atoms with Crippen LogP contribution in [0.3, 0.4) is 0 Å². The summed E-state index contributed by atoms with van der Waals surface area (Å²) in [5, 5.41) is 2.32. The van der Waals surface area contributed by atoms with Crippen molar-refractivity contribution in [1.82, 2.24) is 15.1 Å². The van der Waals surface area contributed by atoms with Crippen molar-refractivity contribution >= 4 is 29.5 Å². The Bertz CT molecular complexity index is 1210. The van der Waals surface area contributed by atoms with Gasteiger partial charge in [-0.25, -0.2) is 4.79 Å². The predicted molar refractivity (Wildman–Crippen MR) is 134 cm³/mol. The van der Waals surface area contributed by atoms with E-state index in [0.717, 1.165) is 49.5 Å². The number of morpholine rings is 1. The number of nitrogens with one attached hydrogen (secondary N) is 1. The molecule has 0 radical (unpaired) electrons. The van der Waals surface area contributed by atoms with Crippen LogP contribution in [0.4, 0.5) is 10.5 Å². The Morgan fingerprint density at radius 1 is 1.08 bits per heavy atom. The van der Waals surface area contributed by atoms with Crippen LogP contribution in [0.15, 0.2) is 42.5 Å². The number of imide groups is 1. The van der Waals surface area contributed by atoms with Crippen molar-refractivity contribution in [3.63, 3.8) is 0 Å². The van der Waals surface area contributed by atoms with Gasteiger partial charge in [0.05, 0.1) is 26.9 Å². The summed E-state index contributed by atoms with van der Waals surface area (Å²) in [5.74, 6) is -1.00. The lowest BCUT2D eigenvalue weighted by Gasteiger charge is -2.29. The van der Waals surface area contributed by atoms with Gasteiger partial charge in [0, 0.05) is 43.9 Å². The maximum atomic E-state index is 13.2. The van der Waals surface area contributed by atoms with E-state index in [4.69, 9.17) is 9.47 Å². The van der Waals surface area contributed by atoms with Gasteiger partial charge in [-0.05, 0) is 41.3 Å². The van der Waals surface area contributed by atoms with E-state index in [1.807, 2.05) is 36.4 Å². The number of piperidine rings is 1. The third-order valence-corrected chi connectivity index (χ3v) is 7.09. The average Bonchev–Trinajstić information content (AvgIpc) is 3.23. The second-order valence-corrected chi connectivity index (χ2v) is 9.50. The van der Waals surface area contributed by atoms with Gasteiger partial charge in [0.1, 0.15) is 6.04 Å². The summed E-state index contributed by atoms with van der Waals surface area (Å²) in [7, 11) is 1.34. The van der Waals surface area contributed by atoms with Gasteiger partial charge in [-0.3, -0.25) is 29.5 Å². The topological polar surface area (TPSA) is 108 Å². The van der Waals surface area contributed by atoms with Crippen molar-refractivity contribution < 1.29 is 28.7 Å². The van der Waals surface area contributed by atoms with Crippen molar-refractivity contribution in [1.29, 1.82) is 0 Å². The van der Waals surface area contributed by atoms with Crippen molar-refractivity contribution in [2.75, 3.05) is 38.3 Å². The van der Waals surface area contributed by atoms with Crippen molar-refractivity contribution in [2.24, 2.45) is 0 Å². The summed E-state index contributed by atoms with van der Waals surface area (Å²) in [6.45, 7) is 4.62. The van der Waals surface area contributed by atoms with Crippen LogP contribution >= 0.6 is 0 Å². The molecule has 37 heavy (non-hydrogen) atoms. The molecule has 4 amide bonds. The highest BCUT2D eigenvalue weighted by atomic mass is 16.5. The van der Waals surface area contributed by atoms with E-state index in [9.17, 15) is 19.2 Å². The van der Waals surface area contributed by atoms with E-state index in [2.05, 4.69) is 10.2 Å². The van der Waals surface area contributed by atoms with Crippen molar-refractivity contribution in [3.05, 3.63) is 64.7 Å². The second kappa shape index (κ2) is 10.7. The van der Waals surface area contributed by atoms with Gasteiger partial charge in [-0.15, -0.1) is 0 Å². The van der Waals surface area contributed by atoms with Crippen LogP contribution in [0.1, 0.15) is 39.9 Å². The maximum absolute atomic E-state index is 13.2. The molecule has 0 bridgehead atoms. The summed E-state index contributed by atoms with van der Waals surface area (Å²) in [5.41, 5.74) is 3.92. The van der Waals surface area contributed by atoms with Crippen LogP contribution in [0, 0.1) is 0 Å². The van der Waals surface area contributed by atoms with E-state index in [1.54, 1.807) is 6.07 Å². The zero-order chi connectivity index (χ0) is 25.9. The maximum Gasteiger partial charge on any atom is 0.414 e. The van der Waals surface area contributed by atoms with Gasteiger partial charge in [0.15, 0.2) is 0 Å². The molecule has 1 N–H and O–H groups in total. The lowest BCUT2D eigenvalue weighted by Crippen LogP contribution is -2.52. The minimum absolute atomic E-state index is 0.209. The van der Waals surface area contributed by atoms with Crippen LogP contribution in [0.2, 0.25) is 0 Å². The summed E-state index contributed by atoms with van der Waals surface area (Å²) in [6, 6.07) is 12.6. The number of ether oxygens (including phenoxy) is 2. The van der Waals surface area contributed by atoms with E-state index in [-0.39, 0.29) is 24.8 Å².